The van der Waals surface area contributed by atoms with Crippen LogP contribution in [0.25, 0.3) is 0 Å². The molecule has 1 aromatic heterocycles. The molecule has 1 aromatic carbocycles. The lowest BCUT2D eigenvalue weighted by molar-refractivity contribution is -0.118. The number of aryl methyl sites for hydroxylation is 2. The average molecular weight is 319 g/mol. The monoisotopic (exact) mass is 319 g/mol. The molecule has 0 aliphatic rings. The molecule has 0 spiro atoms. The van der Waals surface area contributed by atoms with Crippen LogP contribution in [-0.2, 0) is 21.4 Å². The lowest BCUT2D eigenvalue weighted by Gasteiger charge is -2.06. The van der Waals surface area contributed by atoms with Gasteiger partial charge in [0.1, 0.15) is 12.0 Å². The summed E-state index contributed by atoms with van der Waals surface area (Å²) in [5.41, 5.74) is 7.17. The first-order valence-corrected chi connectivity index (χ1v) is 8.05. The number of carbonyl (C=O) groups excluding carboxylic acids is 1. The molecule has 2 aromatic rings. The fourth-order valence-electron chi connectivity index (χ4n) is 1.92. The molecule has 0 radical (unpaired) electrons. The SMILES string of the molecule is Cc1ccc(S(=O)(=O)N=c2ccc(C)cn2CC(N)=O)cc1. The zero-order valence-corrected chi connectivity index (χ0v) is 13.2. The number of benzene rings is 1. The van der Waals surface area contributed by atoms with Crippen molar-refractivity contribution >= 4 is 15.9 Å². The fraction of sp³-hybridized carbons (Fsp3) is 0.200. The summed E-state index contributed by atoms with van der Waals surface area (Å²) in [7, 11) is -3.85. The molecule has 6 nitrogen and oxygen atoms in total. The van der Waals surface area contributed by atoms with Crippen LogP contribution < -0.4 is 11.2 Å². The lowest BCUT2D eigenvalue weighted by atomic mass is 10.2. The van der Waals surface area contributed by atoms with Crippen molar-refractivity contribution in [3.05, 3.63) is 59.2 Å². The minimum Gasteiger partial charge on any atom is -0.368 e. The van der Waals surface area contributed by atoms with Gasteiger partial charge in [0.25, 0.3) is 10.0 Å². The summed E-state index contributed by atoms with van der Waals surface area (Å²) >= 11 is 0. The second kappa shape index (κ2) is 6.15. The first-order chi connectivity index (χ1) is 10.3. The van der Waals surface area contributed by atoms with Gasteiger partial charge in [-0.15, -0.1) is 4.40 Å². The van der Waals surface area contributed by atoms with E-state index in [9.17, 15) is 13.2 Å². The second-order valence-corrected chi connectivity index (χ2v) is 6.64. The van der Waals surface area contributed by atoms with Gasteiger partial charge in [0.05, 0.1) is 4.90 Å². The van der Waals surface area contributed by atoms with Gasteiger partial charge in [0, 0.05) is 6.20 Å². The standard InChI is InChI=1S/C15H17N3O3S/c1-11-3-6-13(7-4-11)22(20,21)17-15-8-5-12(2)9-18(15)10-14(16)19/h3-9H,10H2,1-2H3,(H2,16,19). The third-order valence-electron chi connectivity index (χ3n) is 3.01. The van der Waals surface area contributed by atoms with Crippen LogP contribution in [0.1, 0.15) is 11.1 Å². The summed E-state index contributed by atoms with van der Waals surface area (Å²) in [6.07, 6.45) is 1.63. The Labute approximate surface area is 129 Å². The third kappa shape index (κ3) is 3.82. The minimum atomic E-state index is -3.85. The average Bonchev–Trinajstić information content (AvgIpc) is 2.41. The Morgan fingerprint density at radius 1 is 1.09 bits per heavy atom. The lowest BCUT2D eigenvalue weighted by Crippen LogP contribution is -2.29. The number of sulfonamides is 1. The minimum absolute atomic E-state index is 0.101. The molecule has 2 N–H and O–H groups in total. The van der Waals surface area contributed by atoms with Crippen LogP contribution in [0, 0.1) is 13.8 Å². The van der Waals surface area contributed by atoms with Gasteiger partial charge in [-0.3, -0.25) is 4.79 Å². The summed E-state index contributed by atoms with van der Waals surface area (Å²) < 4.78 is 29.9. The zero-order valence-electron chi connectivity index (χ0n) is 12.4. The normalized spacial score (nSPS) is 12.4. The highest BCUT2D eigenvalue weighted by Crippen LogP contribution is 2.12. The van der Waals surface area contributed by atoms with Gasteiger partial charge >= 0.3 is 0 Å². The maximum absolute atomic E-state index is 12.3. The summed E-state index contributed by atoms with van der Waals surface area (Å²) in [6.45, 7) is 3.56. The van der Waals surface area contributed by atoms with E-state index in [2.05, 4.69) is 4.40 Å². The highest BCUT2D eigenvalue weighted by atomic mass is 32.2. The van der Waals surface area contributed by atoms with Gasteiger partial charge in [-0.05, 0) is 37.6 Å². The Balaban J connectivity index is 2.56. The quantitative estimate of drug-likeness (QED) is 0.906. The smallest absolute Gasteiger partial charge is 0.284 e. The van der Waals surface area contributed by atoms with Crippen LogP contribution in [0.4, 0.5) is 0 Å². The maximum Gasteiger partial charge on any atom is 0.284 e. The third-order valence-corrected chi connectivity index (χ3v) is 4.30. The molecule has 22 heavy (non-hydrogen) atoms. The number of hydrogen-bond donors (Lipinski definition) is 1. The number of nitrogens with zero attached hydrogens (tertiary/aromatic N) is 2. The first kappa shape index (κ1) is 16.0. The molecule has 1 amide bonds. The zero-order chi connectivity index (χ0) is 16.3. The Kier molecular flexibility index (Phi) is 4.46. The fourth-order valence-corrected chi connectivity index (χ4v) is 2.92. The molecule has 1 heterocycles. The van der Waals surface area contributed by atoms with Crippen molar-refractivity contribution in [2.75, 3.05) is 0 Å². The van der Waals surface area contributed by atoms with E-state index in [0.29, 0.717) is 0 Å². The van der Waals surface area contributed by atoms with Gasteiger partial charge in [0.15, 0.2) is 0 Å². The maximum atomic E-state index is 12.3. The number of pyridine rings is 1. The summed E-state index contributed by atoms with van der Waals surface area (Å²) in [5.74, 6) is -0.570. The number of rotatable bonds is 4. The number of primary amides is 1. The van der Waals surface area contributed by atoms with E-state index in [1.807, 2.05) is 13.8 Å². The van der Waals surface area contributed by atoms with E-state index in [-0.39, 0.29) is 16.9 Å². The predicted molar refractivity (Wildman–Crippen MR) is 82.3 cm³/mol. The molecule has 0 saturated heterocycles. The number of carbonyl (C=O) groups is 1. The van der Waals surface area contributed by atoms with E-state index in [0.717, 1.165) is 11.1 Å². The Bertz CT molecular complexity index is 866. The van der Waals surface area contributed by atoms with Crippen molar-refractivity contribution in [3.8, 4) is 0 Å². The van der Waals surface area contributed by atoms with Gasteiger partial charge in [-0.25, -0.2) is 0 Å². The van der Waals surface area contributed by atoms with E-state index >= 15 is 0 Å². The highest BCUT2D eigenvalue weighted by molar-refractivity contribution is 7.90. The van der Waals surface area contributed by atoms with Crippen molar-refractivity contribution < 1.29 is 13.2 Å². The summed E-state index contributed by atoms with van der Waals surface area (Å²) in [5, 5.41) is 0. The Morgan fingerprint density at radius 3 is 2.27 bits per heavy atom. The van der Waals surface area contributed by atoms with E-state index in [1.165, 1.54) is 16.7 Å². The summed E-state index contributed by atoms with van der Waals surface area (Å²) in [4.78, 5) is 11.2. The van der Waals surface area contributed by atoms with E-state index < -0.39 is 15.9 Å². The number of hydrogen-bond acceptors (Lipinski definition) is 3. The molecular weight excluding hydrogens is 302 g/mol. The van der Waals surface area contributed by atoms with Crippen LogP contribution >= 0.6 is 0 Å². The molecule has 0 saturated carbocycles. The van der Waals surface area contributed by atoms with Crippen molar-refractivity contribution in [1.29, 1.82) is 0 Å². The molecular formula is C15H17N3O3S. The molecule has 0 bridgehead atoms. The first-order valence-electron chi connectivity index (χ1n) is 6.61. The molecule has 116 valence electrons. The molecule has 0 fully saturated rings. The number of nitrogens with two attached hydrogens (primary N) is 1. The van der Waals surface area contributed by atoms with Gasteiger partial charge in [-0.1, -0.05) is 23.8 Å². The van der Waals surface area contributed by atoms with Crippen LogP contribution in [0.2, 0.25) is 0 Å². The van der Waals surface area contributed by atoms with Gasteiger partial charge in [0.2, 0.25) is 5.91 Å². The van der Waals surface area contributed by atoms with Crippen LogP contribution in [0.3, 0.4) is 0 Å². The number of aromatic nitrogens is 1. The topological polar surface area (TPSA) is 94.5 Å². The van der Waals surface area contributed by atoms with Crippen molar-refractivity contribution in [1.82, 2.24) is 4.57 Å². The van der Waals surface area contributed by atoms with Gasteiger partial charge in [-0.2, -0.15) is 8.42 Å². The molecule has 0 aliphatic carbocycles. The Hall–Kier alpha value is -2.41. The van der Waals surface area contributed by atoms with Crippen molar-refractivity contribution in [3.63, 3.8) is 0 Å². The molecule has 7 heteroatoms. The summed E-state index contributed by atoms with van der Waals surface area (Å²) in [6, 6.07) is 9.68. The van der Waals surface area contributed by atoms with Gasteiger partial charge < -0.3 is 10.3 Å². The van der Waals surface area contributed by atoms with Crippen molar-refractivity contribution in [2.24, 2.45) is 10.1 Å². The van der Waals surface area contributed by atoms with Crippen LogP contribution in [-0.4, -0.2) is 18.9 Å². The number of amides is 1. The largest absolute Gasteiger partial charge is 0.368 e. The second-order valence-electron chi connectivity index (χ2n) is 5.04. The molecule has 0 unspecified atom stereocenters. The van der Waals surface area contributed by atoms with Crippen LogP contribution in [0.15, 0.2) is 51.9 Å². The predicted octanol–water partition coefficient (Wildman–Crippen LogP) is 0.880. The highest BCUT2D eigenvalue weighted by Gasteiger charge is 2.12. The Morgan fingerprint density at radius 2 is 1.68 bits per heavy atom. The van der Waals surface area contributed by atoms with E-state index in [1.54, 1.807) is 30.5 Å². The molecule has 0 atom stereocenters. The van der Waals surface area contributed by atoms with Crippen LogP contribution in [0.5, 0.6) is 0 Å². The van der Waals surface area contributed by atoms with Crippen molar-refractivity contribution in [2.45, 2.75) is 25.3 Å². The molecule has 0 aliphatic heterocycles. The van der Waals surface area contributed by atoms with E-state index in [4.69, 9.17) is 5.73 Å². The molecule has 2 rings (SSSR count).